The summed E-state index contributed by atoms with van der Waals surface area (Å²) in [6.07, 6.45) is 0. The maximum Gasteiger partial charge on any atom is 0.270 e. The van der Waals surface area contributed by atoms with Gasteiger partial charge in [-0.3, -0.25) is 14.9 Å². The van der Waals surface area contributed by atoms with Gasteiger partial charge in [0.15, 0.2) is 0 Å². The van der Waals surface area contributed by atoms with E-state index in [1.54, 1.807) is 11.3 Å². The Labute approximate surface area is 127 Å². The second kappa shape index (κ2) is 6.15. The van der Waals surface area contributed by atoms with Crippen molar-refractivity contribution < 1.29 is 9.72 Å². The summed E-state index contributed by atoms with van der Waals surface area (Å²) in [6, 6.07) is 8.04. The molecule has 0 aliphatic rings. The summed E-state index contributed by atoms with van der Waals surface area (Å²) in [7, 11) is 0. The van der Waals surface area contributed by atoms with Gasteiger partial charge in [0.05, 0.1) is 17.0 Å². The van der Waals surface area contributed by atoms with Crippen LogP contribution in [-0.2, 0) is 6.54 Å². The molecule has 0 aliphatic carbocycles. The molecule has 5 nitrogen and oxygen atoms in total. The van der Waals surface area contributed by atoms with Crippen molar-refractivity contribution in [2.24, 2.45) is 0 Å². The monoisotopic (exact) mass is 354 g/mol. The molecule has 0 aliphatic heterocycles. The molecule has 0 saturated heterocycles. The van der Waals surface area contributed by atoms with Crippen LogP contribution in [0.15, 0.2) is 34.8 Å². The van der Waals surface area contributed by atoms with E-state index in [1.807, 2.05) is 19.1 Å². The van der Waals surface area contributed by atoms with Crippen LogP contribution in [0, 0.1) is 17.0 Å². The van der Waals surface area contributed by atoms with Gasteiger partial charge in [-0.15, -0.1) is 11.3 Å². The summed E-state index contributed by atoms with van der Waals surface area (Å²) >= 11 is 4.83. The predicted molar refractivity (Wildman–Crippen MR) is 81.0 cm³/mol. The van der Waals surface area contributed by atoms with Crippen LogP contribution in [0.1, 0.15) is 20.1 Å². The van der Waals surface area contributed by atoms with E-state index in [0.29, 0.717) is 11.0 Å². The van der Waals surface area contributed by atoms with Gasteiger partial charge in [0.1, 0.15) is 0 Å². The number of halogens is 1. The van der Waals surface area contributed by atoms with E-state index < -0.39 is 4.92 Å². The number of nitro benzene ring substituents is 1. The summed E-state index contributed by atoms with van der Waals surface area (Å²) in [5.74, 6) is -0.341. The van der Waals surface area contributed by atoms with E-state index >= 15 is 0 Å². The van der Waals surface area contributed by atoms with Gasteiger partial charge >= 0.3 is 0 Å². The van der Waals surface area contributed by atoms with Crippen molar-refractivity contribution >= 4 is 38.9 Å². The van der Waals surface area contributed by atoms with Crippen LogP contribution in [0.25, 0.3) is 0 Å². The molecule has 20 heavy (non-hydrogen) atoms. The van der Waals surface area contributed by atoms with Crippen molar-refractivity contribution in [2.75, 3.05) is 0 Å². The van der Waals surface area contributed by atoms with E-state index in [0.717, 1.165) is 4.88 Å². The van der Waals surface area contributed by atoms with Gasteiger partial charge in [-0.05, 0) is 41.1 Å². The van der Waals surface area contributed by atoms with Gasteiger partial charge < -0.3 is 5.32 Å². The number of hydrogen-bond donors (Lipinski definition) is 1. The van der Waals surface area contributed by atoms with Gasteiger partial charge in [-0.25, -0.2) is 0 Å². The third-order valence-corrected chi connectivity index (χ3v) is 4.32. The molecule has 0 atom stereocenters. The quantitative estimate of drug-likeness (QED) is 0.672. The second-order valence-corrected chi connectivity index (χ2v) is 6.34. The van der Waals surface area contributed by atoms with Crippen molar-refractivity contribution in [1.82, 2.24) is 5.32 Å². The van der Waals surface area contributed by atoms with Crippen LogP contribution in [0.4, 0.5) is 5.69 Å². The lowest BCUT2D eigenvalue weighted by molar-refractivity contribution is -0.384. The van der Waals surface area contributed by atoms with Crippen molar-refractivity contribution in [3.05, 3.63) is 60.2 Å². The van der Waals surface area contributed by atoms with E-state index in [1.165, 1.54) is 23.1 Å². The van der Waals surface area contributed by atoms with Crippen LogP contribution in [0.2, 0.25) is 0 Å². The van der Waals surface area contributed by atoms with Crippen LogP contribution in [-0.4, -0.2) is 10.8 Å². The highest BCUT2D eigenvalue weighted by molar-refractivity contribution is 9.10. The van der Waals surface area contributed by atoms with Crippen molar-refractivity contribution in [2.45, 2.75) is 13.5 Å². The van der Waals surface area contributed by atoms with Crippen LogP contribution in [0.3, 0.4) is 0 Å². The Bertz CT molecular complexity index is 669. The average molecular weight is 355 g/mol. The Morgan fingerprint density at radius 1 is 1.40 bits per heavy atom. The van der Waals surface area contributed by atoms with Gasteiger partial charge in [-0.1, -0.05) is 0 Å². The molecule has 0 spiro atoms. The Morgan fingerprint density at radius 2 is 2.15 bits per heavy atom. The highest BCUT2D eigenvalue weighted by atomic mass is 79.9. The number of nitro groups is 1. The van der Waals surface area contributed by atoms with E-state index in [4.69, 9.17) is 0 Å². The second-order valence-electron chi connectivity index (χ2n) is 4.12. The first-order chi connectivity index (χ1) is 9.47. The van der Waals surface area contributed by atoms with Gasteiger partial charge in [-0.2, -0.15) is 0 Å². The molecule has 0 bridgehead atoms. The SMILES string of the molecule is Cc1ccc(CNC(=O)c2cc([N+](=O)[O-])ccc2Br)s1. The number of nitrogens with zero attached hydrogens (tertiary/aromatic N) is 1. The lowest BCUT2D eigenvalue weighted by Crippen LogP contribution is -2.22. The molecule has 0 unspecified atom stereocenters. The number of non-ortho nitro benzene ring substituents is 1. The molecule has 0 saturated carbocycles. The molecular weight excluding hydrogens is 344 g/mol. The fraction of sp³-hybridized carbons (Fsp3) is 0.154. The zero-order valence-electron chi connectivity index (χ0n) is 10.6. The summed E-state index contributed by atoms with van der Waals surface area (Å²) in [6.45, 7) is 2.40. The fourth-order valence-corrected chi connectivity index (χ4v) is 2.90. The fourth-order valence-electron chi connectivity index (χ4n) is 1.64. The summed E-state index contributed by atoms with van der Waals surface area (Å²) in [5.41, 5.74) is 0.151. The molecule has 7 heteroatoms. The highest BCUT2D eigenvalue weighted by Crippen LogP contribution is 2.23. The Kier molecular flexibility index (Phi) is 4.51. The topological polar surface area (TPSA) is 72.2 Å². The first-order valence-corrected chi connectivity index (χ1v) is 7.36. The molecule has 2 rings (SSSR count). The zero-order valence-corrected chi connectivity index (χ0v) is 13.0. The highest BCUT2D eigenvalue weighted by Gasteiger charge is 2.15. The molecule has 1 heterocycles. The lowest BCUT2D eigenvalue weighted by Gasteiger charge is -2.05. The van der Waals surface area contributed by atoms with Crippen molar-refractivity contribution in [1.29, 1.82) is 0 Å². The first kappa shape index (κ1) is 14.7. The first-order valence-electron chi connectivity index (χ1n) is 5.75. The number of carbonyl (C=O) groups is 1. The third kappa shape index (κ3) is 3.43. The molecule has 1 amide bonds. The number of carbonyl (C=O) groups excluding carboxylic acids is 1. The number of rotatable bonds is 4. The molecule has 1 aromatic heterocycles. The molecule has 2 aromatic rings. The molecular formula is C13H11BrN2O3S. The smallest absolute Gasteiger partial charge is 0.270 e. The van der Waals surface area contributed by atoms with Gasteiger partial charge in [0.2, 0.25) is 0 Å². The average Bonchev–Trinajstić information content (AvgIpc) is 2.82. The summed E-state index contributed by atoms with van der Waals surface area (Å²) in [5, 5.41) is 13.5. The molecule has 1 N–H and O–H groups in total. The molecule has 0 radical (unpaired) electrons. The maximum atomic E-state index is 12.1. The number of amides is 1. The molecule has 0 fully saturated rings. The summed E-state index contributed by atoms with van der Waals surface area (Å²) < 4.78 is 0.531. The zero-order chi connectivity index (χ0) is 14.7. The number of thiophene rings is 1. The normalized spacial score (nSPS) is 10.3. The minimum Gasteiger partial charge on any atom is -0.347 e. The number of hydrogen-bond acceptors (Lipinski definition) is 4. The van der Waals surface area contributed by atoms with E-state index in [9.17, 15) is 14.9 Å². The third-order valence-electron chi connectivity index (χ3n) is 2.62. The predicted octanol–water partition coefficient (Wildman–Crippen LogP) is 3.66. The Hall–Kier alpha value is -1.73. The van der Waals surface area contributed by atoms with E-state index in [-0.39, 0.29) is 17.2 Å². The summed E-state index contributed by atoms with van der Waals surface area (Å²) in [4.78, 5) is 24.5. The van der Waals surface area contributed by atoms with Gasteiger partial charge in [0.25, 0.3) is 11.6 Å². The number of benzene rings is 1. The standard InChI is InChI=1S/C13H11BrN2O3S/c1-8-2-4-10(20-8)7-15-13(17)11-6-9(16(18)19)3-5-12(11)14/h2-6H,7H2,1H3,(H,15,17). The largest absolute Gasteiger partial charge is 0.347 e. The molecule has 1 aromatic carbocycles. The van der Waals surface area contributed by atoms with E-state index in [2.05, 4.69) is 21.2 Å². The maximum absolute atomic E-state index is 12.1. The van der Waals surface area contributed by atoms with Crippen molar-refractivity contribution in [3.63, 3.8) is 0 Å². The van der Waals surface area contributed by atoms with Gasteiger partial charge in [0, 0.05) is 26.4 Å². The Balaban J connectivity index is 2.12. The van der Waals surface area contributed by atoms with Crippen LogP contribution < -0.4 is 5.32 Å². The number of nitrogens with one attached hydrogen (secondary N) is 1. The number of aryl methyl sites for hydroxylation is 1. The Morgan fingerprint density at radius 3 is 2.75 bits per heavy atom. The van der Waals surface area contributed by atoms with Crippen LogP contribution in [0.5, 0.6) is 0 Å². The van der Waals surface area contributed by atoms with Crippen LogP contribution >= 0.6 is 27.3 Å². The van der Waals surface area contributed by atoms with Crippen molar-refractivity contribution in [3.8, 4) is 0 Å². The molecule has 104 valence electrons. The lowest BCUT2D eigenvalue weighted by atomic mass is 10.2. The minimum atomic E-state index is -0.522. The minimum absolute atomic E-state index is 0.106.